The van der Waals surface area contributed by atoms with Crippen molar-refractivity contribution in [2.75, 3.05) is 12.4 Å². The van der Waals surface area contributed by atoms with Gasteiger partial charge in [-0.05, 0) is 76.4 Å². The van der Waals surface area contributed by atoms with Crippen LogP contribution in [0.4, 0.5) is 5.82 Å². The van der Waals surface area contributed by atoms with Gasteiger partial charge >= 0.3 is 0 Å². The van der Waals surface area contributed by atoms with E-state index < -0.39 is 0 Å². The molecule has 3 N–H and O–H groups in total. The number of benzene rings is 1. The van der Waals surface area contributed by atoms with Gasteiger partial charge in [0.1, 0.15) is 11.6 Å². The molecule has 4 rings (SSSR count). The second-order valence-electron chi connectivity index (χ2n) is 9.77. The van der Waals surface area contributed by atoms with Gasteiger partial charge in [0.2, 0.25) is 5.88 Å². The number of phenols is 1. The zero-order chi connectivity index (χ0) is 22.9. The summed E-state index contributed by atoms with van der Waals surface area (Å²) in [4.78, 5) is 4.22. The van der Waals surface area contributed by atoms with Crippen LogP contribution in [0.3, 0.4) is 0 Å². The van der Waals surface area contributed by atoms with Gasteiger partial charge in [-0.15, -0.1) is 10.2 Å². The Morgan fingerprint density at radius 1 is 0.969 bits per heavy atom. The Bertz CT molecular complexity index is 1060. The fraction of sp³-hybridized carbons (Fsp3) is 0.400. The van der Waals surface area contributed by atoms with Crippen molar-refractivity contribution in [3.8, 4) is 34.0 Å². The molecule has 1 saturated heterocycles. The first kappa shape index (κ1) is 22.0. The van der Waals surface area contributed by atoms with Crippen molar-refractivity contribution in [2.45, 2.75) is 57.7 Å². The fourth-order valence-corrected chi connectivity index (χ4v) is 4.79. The lowest BCUT2D eigenvalue weighted by Crippen LogP contribution is -2.60. The molecule has 1 aliphatic heterocycles. The lowest BCUT2D eigenvalue weighted by atomic mass is 9.79. The Morgan fingerprint density at radius 3 is 2.25 bits per heavy atom. The standard InChI is InChI=1S/C25H31N5O2/c1-24(2)13-18(14-25(3,4)30-24)27-22-10-9-20(28-29-22)19-8-6-16(12-21(19)31)17-7-11-23(32-5)26-15-17/h6-12,15,18,30-31H,13-14H2,1-5H3,(H,27,29). The van der Waals surface area contributed by atoms with Gasteiger partial charge in [-0.1, -0.05) is 6.07 Å². The van der Waals surface area contributed by atoms with Gasteiger partial charge in [0.05, 0.1) is 12.8 Å². The first-order valence-corrected chi connectivity index (χ1v) is 10.9. The minimum atomic E-state index is 0.0553. The molecule has 0 bridgehead atoms. The van der Waals surface area contributed by atoms with Gasteiger partial charge in [-0.25, -0.2) is 4.98 Å². The number of rotatable bonds is 5. The Hall–Kier alpha value is -3.19. The van der Waals surface area contributed by atoms with E-state index in [0.717, 1.165) is 29.8 Å². The van der Waals surface area contributed by atoms with Gasteiger partial charge in [0.25, 0.3) is 0 Å². The summed E-state index contributed by atoms with van der Waals surface area (Å²) in [5.41, 5.74) is 3.13. The van der Waals surface area contributed by atoms with Crippen LogP contribution in [0.1, 0.15) is 40.5 Å². The number of methoxy groups -OCH3 is 1. The number of aromatic hydroxyl groups is 1. The molecule has 0 saturated carbocycles. The average Bonchev–Trinajstić information content (AvgIpc) is 2.72. The van der Waals surface area contributed by atoms with Crippen LogP contribution < -0.4 is 15.4 Å². The van der Waals surface area contributed by atoms with Gasteiger partial charge < -0.3 is 20.5 Å². The molecule has 1 fully saturated rings. The zero-order valence-electron chi connectivity index (χ0n) is 19.3. The predicted molar refractivity (Wildman–Crippen MR) is 127 cm³/mol. The van der Waals surface area contributed by atoms with Crippen molar-refractivity contribution in [3.63, 3.8) is 0 Å². The van der Waals surface area contributed by atoms with Gasteiger partial charge in [0, 0.05) is 40.5 Å². The zero-order valence-corrected chi connectivity index (χ0v) is 19.3. The number of piperidine rings is 1. The molecule has 168 valence electrons. The summed E-state index contributed by atoms with van der Waals surface area (Å²) in [6.45, 7) is 8.91. The molecular weight excluding hydrogens is 402 g/mol. The van der Waals surface area contributed by atoms with Crippen LogP contribution in [0.2, 0.25) is 0 Å². The lowest BCUT2D eigenvalue weighted by molar-refractivity contribution is 0.170. The van der Waals surface area contributed by atoms with Crippen LogP contribution in [0.5, 0.6) is 11.6 Å². The van der Waals surface area contributed by atoms with E-state index in [1.54, 1.807) is 25.4 Å². The number of anilines is 1. The van der Waals surface area contributed by atoms with Crippen molar-refractivity contribution in [2.24, 2.45) is 0 Å². The molecule has 7 nitrogen and oxygen atoms in total. The predicted octanol–water partition coefficient (Wildman–Crippen LogP) is 4.64. The third-order valence-electron chi connectivity index (χ3n) is 5.76. The van der Waals surface area contributed by atoms with Crippen LogP contribution in [0.25, 0.3) is 22.4 Å². The van der Waals surface area contributed by atoms with E-state index in [1.165, 1.54) is 0 Å². The van der Waals surface area contributed by atoms with E-state index in [1.807, 2.05) is 30.3 Å². The number of hydrogen-bond acceptors (Lipinski definition) is 7. The van der Waals surface area contributed by atoms with Crippen molar-refractivity contribution >= 4 is 5.82 Å². The highest BCUT2D eigenvalue weighted by Crippen LogP contribution is 2.33. The van der Waals surface area contributed by atoms with Crippen molar-refractivity contribution in [1.82, 2.24) is 20.5 Å². The van der Waals surface area contributed by atoms with Crippen LogP contribution in [-0.4, -0.2) is 44.5 Å². The molecule has 2 aromatic heterocycles. The van der Waals surface area contributed by atoms with E-state index >= 15 is 0 Å². The Kier molecular flexibility index (Phi) is 5.77. The number of aromatic nitrogens is 3. The number of phenolic OH excluding ortho intramolecular Hbond substituents is 1. The fourth-order valence-electron chi connectivity index (χ4n) is 4.79. The highest BCUT2D eigenvalue weighted by atomic mass is 16.5. The molecule has 32 heavy (non-hydrogen) atoms. The number of hydrogen-bond donors (Lipinski definition) is 3. The van der Waals surface area contributed by atoms with E-state index in [4.69, 9.17) is 4.74 Å². The van der Waals surface area contributed by atoms with Crippen LogP contribution >= 0.6 is 0 Å². The molecule has 3 aromatic rings. The molecular formula is C25H31N5O2. The summed E-state index contributed by atoms with van der Waals surface area (Å²) in [6, 6.07) is 13.3. The molecule has 0 aliphatic carbocycles. The molecule has 0 unspecified atom stereocenters. The van der Waals surface area contributed by atoms with Crippen molar-refractivity contribution < 1.29 is 9.84 Å². The highest BCUT2D eigenvalue weighted by Gasteiger charge is 2.37. The highest BCUT2D eigenvalue weighted by molar-refractivity contribution is 5.74. The number of nitrogens with one attached hydrogen (secondary N) is 2. The molecule has 0 radical (unpaired) electrons. The maximum atomic E-state index is 10.6. The molecule has 0 amide bonds. The lowest BCUT2D eigenvalue weighted by Gasteiger charge is -2.46. The van der Waals surface area contributed by atoms with Crippen LogP contribution in [0.15, 0.2) is 48.7 Å². The van der Waals surface area contributed by atoms with Crippen LogP contribution in [-0.2, 0) is 0 Å². The summed E-state index contributed by atoms with van der Waals surface area (Å²) in [5, 5.41) is 26.6. The van der Waals surface area contributed by atoms with Crippen molar-refractivity contribution in [3.05, 3.63) is 48.7 Å². The topological polar surface area (TPSA) is 92.2 Å². The van der Waals surface area contributed by atoms with E-state index in [-0.39, 0.29) is 16.8 Å². The third kappa shape index (κ3) is 4.99. The molecule has 0 atom stereocenters. The Morgan fingerprint density at radius 2 is 1.69 bits per heavy atom. The number of nitrogens with zero attached hydrogens (tertiary/aromatic N) is 3. The molecule has 1 aliphatic rings. The maximum Gasteiger partial charge on any atom is 0.212 e. The summed E-state index contributed by atoms with van der Waals surface area (Å²) in [5.74, 6) is 1.44. The second-order valence-corrected chi connectivity index (χ2v) is 9.77. The molecule has 0 spiro atoms. The summed E-state index contributed by atoms with van der Waals surface area (Å²) < 4.78 is 5.10. The maximum absolute atomic E-state index is 10.6. The van der Waals surface area contributed by atoms with Gasteiger partial charge in [-0.3, -0.25) is 0 Å². The smallest absolute Gasteiger partial charge is 0.212 e. The summed E-state index contributed by atoms with van der Waals surface area (Å²) in [7, 11) is 1.58. The number of pyridine rings is 1. The van der Waals surface area contributed by atoms with Gasteiger partial charge in [-0.2, -0.15) is 0 Å². The number of ether oxygens (including phenoxy) is 1. The normalized spacial score (nSPS) is 17.7. The third-order valence-corrected chi connectivity index (χ3v) is 5.76. The van der Waals surface area contributed by atoms with E-state index in [0.29, 0.717) is 23.2 Å². The molecule has 7 heteroatoms. The summed E-state index contributed by atoms with van der Waals surface area (Å²) in [6.07, 6.45) is 3.72. The largest absolute Gasteiger partial charge is 0.507 e. The SMILES string of the molecule is COc1ccc(-c2ccc(-c3ccc(NC4CC(C)(C)NC(C)(C)C4)nn3)c(O)c2)cn1. The van der Waals surface area contributed by atoms with E-state index in [9.17, 15) is 5.11 Å². The second kappa shape index (κ2) is 8.39. The average molecular weight is 434 g/mol. The quantitative estimate of drug-likeness (QED) is 0.540. The van der Waals surface area contributed by atoms with Crippen LogP contribution in [0, 0.1) is 0 Å². The molecule has 3 heterocycles. The van der Waals surface area contributed by atoms with E-state index in [2.05, 4.69) is 53.5 Å². The Balaban J connectivity index is 1.49. The Labute approximate surface area is 189 Å². The van der Waals surface area contributed by atoms with Gasteiger partial charge in [0.15, 0.2) is 0 Å². The first-order valence-electron chi connectivity index (χ1n) is 10.9. The van der Waals surface area contributed by atoms with Crippen molar-refractivity contribution in [1.29, 1.82) is 0 Å². The summed E-state index contributed by atoms with van der Waals surface area (Å²) >= 11 is 0. The minimum Gasteiger partial charge on any atom is -0.507 e. The monoisotopic (exact) mass is 433 g/mol. The first-order chi connectivity index (χ1) is 15.1. The molecule has 1 aromatic carbocycles. The minimum absolute atomic E-state index is 0.0553.